The number of nitrogens with one attached hydrogen (secondary N) is 3. The van der Waals surface area contributed by atoms with Gasteiger partial charge < -0.3 is 34.2 Å². The van der Waals surface area contributed by atoms with Gasteiger partial charge in [0, 0.05) is 111 Å². The van der Waals surface area contributed by atoms with Crippen molar-refractivity contribution in [3.63, 3.8) is 0 Å². The number of anilines is 2. The van der Waals surface area contributed by atoms with Crippen molar-refractivity contribution in [3.8, 4) is 22.5 Å². The zero-order valence-electron chi connectivity index (χ0n) is 52.3. The normalized spacial score (nSPS) is 20.4. The van der Waals surface area contributed by atoms with Gasteiger partial charge in [-0.05, 0) is 185 Å². The Labute approximate surface area is 507 Å². The van der Waals surface area contributed by atoms with Crippen LogP contribution in [-0.4, -0.2) is 164 Å². The van der Waals surface area contributed by atoms with E-state index in [0.29, 0.717) is 36.7 Å². The van der Waals surface area contributed by atoms with Crippen LogP contribution in [-0.2, 0) is 43.2 Å². The van der Waals surface area contributed by atoms with Crippen molar-refractivity contribution >= 4 is 51.5 Å². The van der Waals surface area contributed by atoms with E-state index in [1.165, 1.54) is 19.4 Å². The van der Waals surface area contributed by atoms with E-state index in [0.717, 1.165) is 150 Å². The molecule has 0 radical (unpaired) electrons. The summed E-state index contributed by atoms with van der Waals surface area (Å²) >= 11 is 0. The minimum atomic E-state index is -0.520. The van der Waals surface area contributed by atoms with Crippen molar-refractivity contribution in [2.75, 3.05) is 75.2 Å². The van der Waals surface area contributed by atoms with Gasteiger partial charge in [0.25, 0.3) is 0 Å². The van der Waals surface area contributed by atoms with Crippen LogP contribution in [0.3, 0.4) is 0 Å². The van der Waals surface area contributed by atoms with Gasteiger partial charge in [0.15, 0.2) is 0 Å². The summed E-state index contributed by atoms with van der Waals surface area (Å²) in [6, 6.07) is 31.7. The van der Waals surface area contributed by atoms with Gasteiger partial charge in [0.1, 0.15) is 40.8 Å². The van der Waals surface area contributed by atoms with Crippen molar-refractivity contribution in [2.45, 2.75) is 150 Å². The number of piperidine rings is 2. The van der Waals surface area contributed by atoms with Crippen molar-refractivity contribution in [3.05, 3.63) is 120 Å². The summed E-state index contributed by atoms with van der Waals surface area (Å²) in [5, 5.41) is 21.0. The van der Waals surface area contributed by atoms with Crippen LogP contribution >= 0.6 is 0 Å². The number of esters is 2. The standard InChI is InChI=1S/C38H48N6O4.C30H42N6O2/c1-26-22-43(23-27(2)44(26)24-28-14-17-42(18-15-28)37(46)47-25-29-9-7-6-8-10-29)34-21-31(13-16-39-34)36-32-19-30(11-12-33(32)40-41-36)20-35(45)48-38(3,4)5;1-20-17-35(18-21(2)36(20)19-22-8-11-31-12-9-22)27-16-24(10-13-32-27)29-25-14-23(6-7-26(25)33-34-29)15-28(37)38-30(3,4)5/h6-13,16,19,21,26-28H,14-15,17-18,20,22-25H2,1-5H3,(H,40,41);6-7,10,13-14,16,20-22,31H,8-9,11-12,15,17-19H2,1-5H3,(H,33,34)/t26-,27+;20-,21+. The molecule has 4 aliphatic rings. The zero-order valence-corrected chi connectivity index (χ0v) is 52.3. The number of nitrogens with zero attached hydrogens (tertiary/aromatic N) is 9. The van der Waals surface area contributed by atoms with Crippen LogP contribution in [0, 0.1) is 11.8 Å². The number of pyridine rings is 2. The van der Waals surface area contributed by atoms with Gasteiger partial charge in [-0.3, -0.25) is 29.6 Å². The molecule has 86 heavy (non-hydrogen) atoms. The third-order valence-electron chi connectivity index (χ3n) is 17.2. The first-order valence-corrected chi connectivity index (χ1v) is 31.2. The minimum absolute atomic E-state index is 0.208. The first kappa shape index (κ1) is 61.7. The molecule has 0 unspecified atom stereocenters. The summed E-state index contributed by atoms with van der Waals surface area (Å²) in [5.74, 6) is 2.80. The maximum Gasteiger partial charge on any atom is 0.410 e. The van der Waals surface area contributed by atoms with Crippen LogP contribution in [0.4, 0.5) is 16.4 Å². The average Bonchev–Trinajstić information content (AvgIpc) is 1.96. The number of piperazine rings is 2. The van der Waals surface area contributed by atoms with Crippen molar-refractivity contribution in [2.24, 2.45) is 11.8 Å². The number of carbonyl (C=O) groups excluding carboxylic acids is 3. The summed E-state index contributed by atoms with van der Waals surface area (Å²) in [6.45, 7) is 30.6. The number of fused-ring (bicyclic) bond motifs is 2. The average molecular weight is 1170 g/mol. The van der Waals surface area contributed by atoms with E-state index >= 15 is 0 Å². The second kappa shape index (κ2) is 27.1. The maximum absolute atomic E-state index is 12.7. The Bertz CT molecular complexity index is 3390. The topological polar surface area (TPSA) is 190 Å². The summed E-state index contributed by atoms with van der Waals surface area (Å²) in [7, 11) is 0. The number of aromatic nitrogens is 6. The number of hydrogen-bond acceptors (Lipinski definition) is 15. The molecule has 4 fully saturated rings. The molecule has 11 rings (SSSR count). The number of ether oxygens (including phenoxy) is 3. The summed E-state index contributed by atoms with van der Waals surface area (Å²) in [5.41, 5.74) is 7.38. The highest BCUT2D eigenvalue weighted by Gasteiger charge is 2.35. The minimum Gasteiger partial charge on any atom is -0.460 e. The Kier molecular flexibility index (Phi) is 19.4. The number of likely N-dealkylation sites (tertiary alicyclic amines) is 1. The van der Waals surface area contributed by atoms with E-state index in [2.05, 4.69) is 85.1 Å². The predicted octanol–water partition coefficient (Wildman–Crippen LogP) is 10.9. The van der Waals surface area contributed by atoms with E-state index in [9.17, 15) is 14.4 Å². The second-order valence-corrected chi connectivity index (χ2v) is 26.5. The molecular weight excluding hydrogens is 1080 g/mol. The van der Waals surface area contributed by atoms with Crippen LogP contribution in [0.1, 0.15) is 112 Å². The molecular formula is C68H90N12O6. The molecule has 18 nitrogen and oxygen atoms in total. The molecule has 3 aromatic carbocycles. The Morgan fingerprint density at radius 1 is 0.547 bits per heavy atom. The highest BCUT2D eigenvalue weighted by molar-refractivity contribution is 5.95. The smallest absolute Gasteiger partial charge is 0.410 e. The number of rotatable bonds is 14. The molecule has 0 bridgehead atoms. The number of H-pyrrole nitrogens is 2. The van der Waals surface area contributed by atoms with Gasteiger partial charge in [0.05, 0.1) is 23.9 Å². The van der Waals surface area contributed by atoms with Crippen LogP contribution in [0.25, 0.3) is 44.3 Å². The first-order chi connectivity index (χ1) is 41.2. The highest BCUT2D eigenvalue weighted by Crippen LogP contribution is 2.34. The lowest BCUT2D eigenvalue weighted by Crippen LogP contribution is -2.58. The SMILES string of the molecule is C[C@@H]1CN(c2cc(-c3n[nH]c4ccc(CC(=O)OC(C)(C)C)cc34)ccn2)C[C@H](C)N1CC1CCN(C(=O)OCc2ccccc2)CC1.C[C@@H]1CN(c2cc(-c3n[nH]c4ccc(CC(=O)OC(C)(C)C)cc34)ccn2)C[C@H](C)N1CC1CCNCC1. The van der Waals surface area contributed by atoms with Gasteiger partial charge >= 0.3 is 18.0 Å². The zero-order chi connectivity index (χ0) is 60.7. The highest BCUT2D eigenvalue weighted by atomic mass is 16.6. The molecule has 4 aliphatic heterocycles. The fraction of sp³-hybridized carbons (Fsp3) is 0.515. The molecule has 8 heterocycles. The molecule has 0 spiro atoms. The summed E-state index contributed by atoms with van der Waals surface area (Å²) in [6.07, 6.45) is 8.49. The largest absolute Gasteiger partial charge is 0.460 e. The number of benzene rings is 3. The van der Waals surface area contributed by atoms with Crippen LogP contribution in [0.5, 0.6) is 0 Å². The molecule has 4 atom stereocenters. The molecule has 4 aromatic heterocycles. The lowest BCUT2D eigenvalue weighted by atomic mass is 9.94. The van der Waals surface area contributed by atoms with Crippen molar-refractivity contribution in [1.82, 2.24) is 50.4 Å². The summed E-state index contributed by atoms with van der Waals surface area (Å²) < 4.78 is 16.6. The van der Waals surface area contributed by atoms with E-state index in [1.807, 2.05) is 138 Å². The lowest BCUT2D eigenvalue weighted by molar-refractivity contribution is -0.155. The van der Waals surface area contributed by atoms with Gasteiger partial charge in [-0.25, -0.2) is 14.8 Å². The number of aromatic amines is 2. The fourth-order valence-corrected chi connectivity index (χ4v) is 12.9. The third-order valence-corrected chi connectivity index (χ3v) is 17.2. The number of amides is 1. The van der Waals surface area contributed by atoms with E-state index in [-0.39, 0.29) is 30.9 Å². The predicted molar refractivity (Wildman–Crippen MR) is 340 cm³/mol. The van der Waals surface area contributed by atoms with Gasteiger partial charge in [0.2, 0.25) is 0 Å². The Morgan fingerprint density at radius 2 is 0.988 bits per heavy atom. The van der Waals surface area contributed by atoms with E-state index in [4.69, 9.17) is 24.2 Å². The first-order valence-electron chi connectivity index (χ1n) is 31.2. The maximum atomic E-state index is 12.7. The number of hydrogen-bond donors (Lipinski definition) is 3. The molecule has 1 amide bonds. The van der Waals surface area contributed by atoms with E-state index < -0.39 is 11.2 Å². The van der Waals surface area contributed by atoms with Crippen molar-refractivity contribution in [1.29, 1.82) is 0 Å². The molecule has 7 aromatic rings. The van der Waals surface area contributed by atoms with Crippen molar-refractivity contribution < 1.29 is 28.6 Å². The van der Waals surface area contributed by atoms with E-state index in [1.54, 1.807) is 0 Å². The molecule has 4 saturated heterocycles. The Balaban J connectivity index is 0.000000196. The quantitative estimate of drug-likeness (QED) is 0.0688. The van der Waals surface area contributed by atoms with Crippen LogP contribution in [0.15, 0.2) is 103 Å². The van der Waals surface area contributed by atoms with Crippen LogP contribution < -0.4 is 15.1 Å². The van der Waals surface area contributed by atoms with Gasteiger partial charge in [-0.1, -0.05) is 42.5 Å². The second-order valence-electron chi connectivity index (χ2n) is 26.5. The van der Waals surface area contributed by atoms with Gasteiger partial charge in [-0.2, -0.15) is 10.2 Å². The molecule has 0 aliphatic carbocycles. The third kappa shape index (κ3) is 16.0. The lowest BCUT2D eigenvalue weighted by Gasteiger charge is -2.47. The molecule has 18 heteroatoms. The van der Waals surface area contributed by atoms with Gasteiger partial charge in [-0.15, -0.1) is 0 Å². The fourth-order valence-electron chi connectivity index (χ4n) is 12.9. The molecule has 0 saturated carbocycles. The summed E-state index contributed by atoms with van der Waals surface area (Å²) in [4.78, 5) is 59.0. The Hall–Kier alpha value is -7.41. The van der Waals surface area contributed by atoms with Crippen LogP contribution in [0.2, 0.25) is 0 Å². The number of carbonyl (C=O) groups is 3. The molecule has 3 N–H and O–H groups in total. The molecule has 458 valence electrons. The Morgan fingerprint density at radius 3 is 1.43 bits per heavy atom. The monoisotopic (exact) mass is 1170 g/mol.